The molecule has 1 heterocycles. The molecular weight excluding hydrogens is 268 g/mol. The summed E-state index contributed by atoms with van der Waals surface area (Å²) in [4.78, 5) is 4.47. The second-order valence-electron chi connectivity index (χ2n) is 5.24. The number of hydrogen-bond donors (Lipinski definition) is 2. The fraction of sp³-hybridized carbons (Fsp3) is 0.438. The SMILES string of the molecule is CCSC1CCCC1Nc1nccc2ccc(O)cc12. The molecule has 2 N–H and O–H groups in total. The van der Waals surface area contributed by atoms with Gasteiger partial charge in [0.15, 0.2) is 0 Å². The highest BCUT2D eigenvalue weighted by Gasteiger charge is 2.27. The lowest BCUT2D eigenvalue weighted by atomic mass is 10.1. The number of fused-ring (bicyclic) bond motifs is 1. The van der Waals surface area contributed by atoms with Crippen LogP contribution >= 0.6 is 11.8 Å². The Hall–Kier alpha value is -1.42. The number of nitrogens with one attached hydrogen (secondary N) is 1. The van der Waals surface area contributed by atoms with Crippen LogP contribution in [0.5, 0.6) is 5.75 Å². The summed E-state index contributed by atoms with van der Waals surface area (Å²) < 4.78 is 0. The normalized spacial score (nSPS) is 22.2. The van der Waals surface area contributed by atoms with Crippen molar-refractivity contribution in [1.82, 2.24) is 4.98 Å². The van der Waals surface area contributed by atoms with Gasteiger partial charge in [0, 0.05) is 22.9 Å². The van der Waals surface area contributed by atoms with Crippen molar-refractivity contribution >= 4 is 28.4 Å². The van der Waals surface area contributed by atoms with Crippen LogP contribution < -0.4 is 5.32 Å². The number of phenolic OH excluding ortho intramolecular Hbond substituents is 1. The molecule has 1 aliphatic carbocycles. The van der Waals surface area contributed by atoms with Crippen LogP contribution in [-0.2, 0) is 0 Å². The Morgan fingerprint density at radius 2 is 2.25 bits per heavy atom. The van der Waals surface area contributed by atoms with E-state index >= 15 is 0 Å². The summed E-state index contributed by atoms with van der Waals surface area (Å²) in [5, 5.41) is 16.1. The Kier molecular flexibility index (Phi) is 4.01. The standard InChI is InChI=1S/C16H20N2OS/c1-2-20-15-5-3-4-14(15)18-16-13-10-12(19)7-6-11(13)8-9-17-16/h6-10,14-15,19H,2-5H2,1H3,(H,17,18). The minimum Gasteiger partial charge on any atom is -0.508 e. The Labute approximate surface area is 123 Å². The first-order valence-electron chi connectivity index (χ1n) is 7.24. The van der Waals surface area contributed by atoms with Crippen molar-refractivity contribution < 1.29 is 5.11 Å². The van der Waals surface area contributed by atoms with Crippen molar-refractivity contribution in [2.75, 3.05) is 11.1 Å². The molecular formula is C16H20N2OS. The van der Waals surface area contributed by atoms with Gasteiger partial charge in [0.25, 0.3) is 0 Å². The van der Waals surface area contributed by atoms with Gasteiger partial charge in [0.2, 0.25) is 0 Å². The van der Waals surface area contributed by atoms with Gasteiger partial charge in [-0.25, -0.2) is 4.98 Å². The lowest BCUT2D eigenvalue weighted by Crippen LogP contribution is -2.26. The fourth-order valence-electron chi connectivity index (χ4n) is 2.95. The molecule has 1 aromatic heterocycles. The average molecular weight is 288 g/mol. The number of nitrogens with zero attached hydrogens (tertiary/aromatic N) is 1. The largest absolute Gasteiger partial charge is 0.508 e. The first-order valence-corrected chi connectivity index (χ1v) is 8.28. The second-order valence-corrected chi connectivity index (χ2v) is 6.76. The number of aromatic hydroxyl groups is 1. The zero-order valence-corrected chi connectivity index (χ0v) is 12.5. The van der Waals surface area contributed by atoms with Gasteiger partial charge in [0.05, 0.1) is 0 Å². The smallest absolute Gasteiger partial charge is 0.134 e. The fourth-order valence-corrected chi connectivity index (χ4v) is 4.15. The highest BCUT2D eigenvalue weighted by molar-refractivity contribution is 7.99. The molecule has 20 heavy (non-hydrogen) atoms. The summed E-state index contributed by atoms with van der Waals surface area (Å²) in [5.41, 5.74) is 0. The predicted octanol–water partition coefficient (Wildman–Crippen LogP) is 4.03. The van der Waals surface area contributed by atoms with E-state index in [4.69, 9.17) is 0 Å². The molecule has 3 nitrogen and oxygen atoms in total. The number of rotatable bonds is 4. The van der Waals surface area contributed by atoms with Gasteiger partial charge in [-0.2, -0.15) is 11.8 Å². The van der Waals surface area contributed by atoms with E-state index < -0.39 is 0 Å². The molecule has 2 aromatic rings. The second kappa shape index (κ2) is 5.92. The number of aromatic nitrogens is 1. The van der Waals surface area contributed by atoms with Gasteiger partial charge >= 0.3 is 0 Å². The van der Waals surface area contributed by atoms with E-state index in [1.807, 2.05) is 30.1 Å². The number of hydrogen-bond acceptors (Lipinski definition) is 4. The molecule has 2 atom stereocenters. The molecule has 1 aromatic carbocycles. The molecule has 0 spiro atoms. The molecule has 0 amide bonds. The maximum absolute atomic E-state index is 9.69. The summed E-state index contributed by atoms with van der Waals surface area (Å²) in [6.45, 7) is 2.22. The molecule has 0 saturated heterocycles. The minimum absolute atomic E-state index is 0.291. The van der Waals surface area contributed by atoms with E-state index in [-0.39, 0.29) is 0 Å². The molecule has 1 aliphatic rings. The summed E-state index contributed by atoms with van der Waals surface area (Å²) >= 11 is 2.04. The summed E-state index contributed by atoms with van der Waals surface area (Å²) in [6, 6.07) is 7.91. The zero-order chi connectivity index (χ0) is 13.9. The van der Waals surface area contributed by atoms with Crippen molar-refractivity contribution in [2.45, 2.75) is 37.5 Å². The van der Waals surface area contributed by atoms with Crippen molar-refractivity contribution in [1.29, 1.82) is 0 Å². The minimum atomic E-state index is 0.291. The first-order chi connectivity index (χ1) is 9.78. The summed E-state index contributed by atoms with van der Waals surface area (Å²) in [5.74, 6) is 2.35. The number of pyridine rings is 1. The van der Waals surface area contributed by atoms with Gasteiger partial charge in [-0.15, -0.1) is 0 Å². The van der Waals surface area contributed by atoms with Crippen LogP contribution in [0.25, 0.3) is 10.8 Å². The predicted molar refractivity (Wildman–Crippen MR) is 86.6 cm³/mol. The van der Waals surface area contributed by atoms with Gasteiger partial charge in [0.1, 0.15) is 11.6 Å². The Morgan fingerprint density at radius 3 is 3.10 bits per heavy atom. The molecule has 0 bridgehead atoms. The molecule has 0 aliphatic heterocycles. The van der Waals surface area contributed by atoms with Crippen LogP contribution in [0.15, 0.2) is 30.5 Å². The lowest BCUT2D eigenvalue weighted by Gasteiger charge is -2.21. The third-order valence-electron chi connectivity index (χ3n) is 3.91. The van der Waals surface area contributed by atoms with Crippen LogP contribution in [-0.4, -0.2) is 27.1 Å². The average Bonchev–Trinajstić information content (AvgIpc) is 2.87. The highest BCUT2D eigenvalue weighted by atomic mass is 32.2. The highest BCUT2D eigenvalue weighted by Crippen LogP contribution is 2.33. The zero-order valence-electron chi connectivity index (χ0n) is 11.7. The Bertz CT molecular complexity index is 602. The van der Waals surface area contributed by atoms with Crippen molar-refractivity contribution in [3.8, 4) is 5.75 Å². The van der Waals surface area contributed by atoms with Crippen LogP contribution in [0.3, 0.4) is 0 Å². The van der Waals surface area contributed by atoms with E-state index in [1.165, 1.54) is 19.3 Å². The van der Waals surface area contributed by atoms with E-state index in [0.717, 1.165) is 22.3 Å². The van der Waals surface area contributed by atoms with Gasteiger partial charge in [-0.3, -0.25) is 0 Å². The molecule has 0 radical (unpaired) electrons. The maximum atomic E-state index is 9.69. The number of anilines is 1. The quantitative estimate of drug-likeness (QED) is 0.891. The molecule has 3 rings (SSSR count). The third kappa shape index (κ3) is 2.70. The number of phenols is 1. The molecule has 1 fully saturated rings. The van der Waals surface area contributed by atoms with Gasteiger partial charge < -0.3 is 10.4 Å². The lowest BCUT2D eigenvalue weighted by molar-refractivity contribution is 0.476. The third-order valence-corrected chi connectivity index (χ3v) is 5.23. The molecule has 4 heteroatoms. The Morgan fingerprint density at radius 1 is 1.35 bits per heavy atom. The maximum Gasteiger partial charge on any atom is 0.134 e. The van der Waals surface area contributed by atoms with E-state index in [2.05, 4.69) is 17.2 Å². The number of thioether (sulfide) groups is 1. The van der Waals surface area contributed by atoms with Crippen molar-refractivity contribution in [3.05, 3.63) is 30.5 Å². The summed E-state index contributed by atoms with van der Waals surface area (Å²) in [6.07, 6.45) is 5.60. The number of benzene rings is 1. The Balaban J connectivity index is 1.88. The van der Waals surface area contributed by atoms with Gasteiger partial charge in [-0.05, 0) is 42.2 Å². The summed E-state index contributed by atoms with van der Waals surface area (Å²) in [7, 11) is 0. The molecule has 1 saturated carbocycles. The van der Waals surface area contributed by atoms with E-state index in [1.54, 1.807) is 12.1 Å². The van der Waals surface area contributed by atoms with Crippen LogP contribution in [0, 0.1) is 0 Å². The van der Waals surface area contributed by atoms with Gasteiger partial charge in [-0.1, -0.05) is 19.4 Å². The van der Waals surface area contributed by atoms with Crippen LogP contribution in [0.1, 0.15) is 26.2 Å². The van der Waals surface area contributed by atoms with Crippen LogP contribution in [0.2, 0.25) is 0 Å². The van der Waals surface area contributed by atoms with E-state index in [0.29, 0.717) is 17.0 Å². The van der Waals surface area contributed by atoms with Crippen molar-refractivity contribution in [3.63, 3.8) is 0 Å². The van der Waals surface area contributed by atoms with Crippen molar-refractivity contribution in [2.24, 2.45) is 0 Å². The first kappa shape index (κ1) is 13.6. The topological polar surface area (TPSA) is 45.2 Å². The molecule has 106 valence electrons. The molecule has 2 unspecified atom stereocenters. The monoisotopic (exact) mass is 288 g/mol. The van der Waals surface area contributed by atoms with Crippen LogP contribution in [0.4, 0.5) is 5.82 Å². The van der Waals surface area contributed by atoms with E-state index in [9.17, 15) is 5.11 Å².